The third kappa shape index (κ3) is 2.26. The van der Waals surface area contributed by atoms with E-state index in [1.165, 1.54) is 11.0 Å². The maximum Gasteiger partial charge on any atom is 0.329 e. The number of H-pyrrole nitrogens is 1. The SMILES string of the molecule is CCC1CCCCC1n1c(=O)[nH]c(Cl)c(C)c1=O. The van der Waals surface area contributed by atoms with Crippen molar-refractivity contribution in [2.24, 2.45) is 5.92 Å². The maximum atomic E-state index is 12.2. The van der Waals surface area contributed by atoms with Crippen LogP contribution >= 0.6 is 11.6 Å². The molecule has 4 nitrogen and oxygen atoms in total. The van der Waals surface area contributed by atoms with Crippen LogP contribution in [0.2, 0.25) is 5.15 Å². The normalized spacial score (nSPS) is 24.2. The highest BCUT2D eigenvalue weighted by Crippen LogP contribution is 2.34. The van der Waals surface area contributed by atoms with Gasteiger partial charge >= 0.3 is 5.69 Å². The van der Waals surface area contributed by atoms with Crippen molar-refractivity contribution < 1.29 is 0 Å². The smallest absolute Gasteiger partial charge is 0.297 e. The summed E-state index contributed by atoms with van der Waals surface area (Å²) in [4.78, 5) is 26.8. The predicted octanol–water partition coefficient (Wildman–Crippen LogP) is 2.64. The molecule has 0 spiro atoms. The molecule has 5 heteroatoms. The topological polar surface area (TPSA) is 54.9 Å². The molecule has 1 aromatic heterocycles. The second kappa shape index (κ2) is 5.31. The van der Waals surface area contributed by atoms with Gasteiger partial charge in [-0.05, 0) is 25.7 Å². The second-order valence-corrected chi connectivity index (χ2v) is 5.44. The first-order valence-corrected chi connectivity index (χ1v) is 6.95. The first-order chi connectivity index (χ1) is 8.56. The maximum absolute atomic E-state index is 12.2. The number of rotatable bonds is 2. The minimum Gasteiger partial charge on any atom is -0.297 e. The Balaban J connectivity index is 2.53. The average Bonchev–Trinajstić information content (AvgIpc) is 2.37. The molecule has 0 aliphatic heterocycles. The minimum atomic E-state index is -0.374. The highest BCUT2D eigenvalue weighted by atomic mass is 35.5. The molecule has 0 radical (unpaired) electrons. The van der Waals surface area contributed by atoms with E-state index in [0.29, 0.717) is 11.5 Å². The molecule has 1 aliphatic rings. The molecule has 1 aliphatic carbocycles. The van der Waals surface area contributed by atoms with Gasteiger partial charge < -0.3 is 0 Å². The Morgan fingerprint density at radius 2 is 2.00 bits per heavy atom. The van der Waals surface area contributed by atoms with Gasteiger partial charge in [0.05, 0.1) is 0 Å². The van der Waals surface area contributed by atoms with E-state index in [0.717, 1.165) is 25.7 Å². The summed E-state index contributed by atoms with van der Waals surface area (Å²) in [6.45, 7) is 3.77. The third-order valence-corrected chi connectivity index (χ3v) is 4.41. The molecule has 100 valence electrons. The number of aromatic amines is 1. The lowest BCUT2D eigenvalue weighted by molar-refractivity contribution is 0.222. The van der Waals surface area contributed by atoms with E-state index < -0.39 is 0 Å². The Labute approximate surface area is 111 Å². The van der Waals surface area contributed by atoms with Gasteiger partial charge in [-0.15, -0.1) is 0 Å². The number of nitrogens with one attached hydrogen (secondary N) is 1. The van der Waals surface area contributed by atoms with E-state index >= 15 is 0 Å². The molecule has 1 N–H and O–H groups in total. The molecular formula is C13H19ClN2O2. The van der Waals surface area contributed by atoms with Gasteiger partial charge in [-0.1, -0.05) is 37.8 Å². The molecule has 2 rings (SSSR count). The molecule has 18 heavy (non-hydrogen) atoms. The Hall–Kier alpha value is -1.03. The first kappa shape index (κ1) is 13.4. The van der Waals surface area contributed by atoms with Crippen LogP contribution < -0.4 is 11.2 Å². The number of halogens is 1. The lowest BCUT2D eigenvalue weighted by Crippen LogP contribution is -2.42. The summed E-state index contributed by atoms with van der Waals surface area (Å²) in [7, 11) is 0. The van der Waals surface area contributed by atoms with Gasteiger partial charge in [0.15, 0.2) is 0 Å². The Kier molecular flexibility index (Phi) is 3.95. The summed E-state index contributed by atoms with van der Waals surface area (Å²) in [5, 5.41) is 0.158. The Morgan fingerprint density at radius 3 is 2.67 bits per heavy atom. The zero-order chi connectivity index (χ0) is 13.3. The van der Waals surface area contributed by atoms with Crippen LogP contribution in [0.3, 0.4) is 0 Å². The summed E-state index contributed by atoms with van der Waals surface area (Å²) in [5.74, 6) is 0.415. The van der Waals surface area contributed by atoms with Crippen molar-refractivity contribution in [1.82, 2.24) is 9.55 Å². The molecule has 2 unspecified atom stereocenters. The van der Waals surface area contributed by atoms with Crippen molar-refractivity contribution in [3.8, 4) is 0 Å². The molecule has 0 saturated heterocycles. The summed E-state index contributed by atoms with van der Waals surface area (Å²) in [5.41, 5.74) is -0.188. The lowest BCUT2D eigenvalue weighted by Gasteiger charge is -2.31. The van der Waals surface area contributed by atoms with Crippen molar-refractivity contribution >= 4 is 11.6 Å². The van der Waals surface area contributed by atoms with Gasteiger partial charge in [0.1, 0.15) is 5.15 Å². The predicted molar refractivity (Wildman–Crippen MR) is 72.4 cm³/mol. The van der Waals surface area contributed by atoms with E-state index in [9.17, 15) is 9.59 Å². The fourth-order valence-electron chi connectivity index (χ4n) is 2.92. The molecule has 1 aromatic rings. The van der Waals surface area contributed by atoms with Gasteiger partial charge in [0.2, 0.25) is 0 Å². The number of aromatic nitrogens is 2. The minimum absolute atomic E-state index is 0.0240. The van der Waals surface area contributed by atoms with Crippen LogP contribution in [0.4, 0.5) is 0 Å². The zero-order valence-corrected chi connectivity index (χ0v) is 11.6. The highest BCUT2D eigenvalue weighted by molar-refractivity contribution is 6.30. The summed E-state index contributed by atoms with van der Waals surface area (Å²) in [6.07, 6.45) is 5.26. The van der Waals surface area contributed by atoms with Crippen LogP contribution in [0.5, 0.6) is 0 Å². The van der Waals surface area contributed by atoms with Crippen LogP contribution in [0, 0.1) is 12.8 Å². The summed E-state index contributed by atoms with van der Waals surface area (Å²) in [6, 6.07) is 0.0240. The van der Waals surface area contributed by atoms with Crippen LogP contribution in [-0.4, -0.2) is 9.55 Å². The summed E-state index contributed by atoms with van der Waals surface area (Å²) >= 11 is 5.83. The zero-order valence-electron chi connectivity index (χ0n) is 10.8. The number of nitrogens with zero attached hydrogens (tertiary/aromatic N) is 1. The molecular weight excluding hydrogens is 252 g/mol. The number of hydrogen-bond acceptors (Lipinski definition) is 2. The molecule has 2 atom stereocenters. The highest BCUT2D eigenvalue weighted by Gasteiger charge is 2.28. The van der Waals surface area contributed by atoms with Gasteiger partial charge in [-0.3, -0.25) is 14.3 Å². The molecule has 1 fully saturated rings. The van der Waals surface area contributed by atoms with Crippen LogP contribution in [0.15, 0.2) is 9.59 Å². The Bertz CT molecular complexity index is 547. The van der Waals surface area contributed by atoms with Crippen LogP contribution in [0.1, 0.15) is 50.6 Å². The molecule has 1 saturated carbocycles. The van der Waals surface area contributed by atoms with E-state index in [4.69, 9.17) is 11.6 Å². The quantitative estimate of drug-likeness (QED) is 0.840. The van der Waals surface area contributed by atoms with Crippen LogP contribution in [0.25, 0.3) is 0 Å². The van der Waals surface area contributed by atoms with E-state index in [1.807, 2.05) is 0 Å². The standard InChI is InChI=1S/C13H19ClN2O2/c1-3-9-6-4-5-7-10(9)16-12(17)8(2)11(14)15-13(16)18/h9-10H,3-7H2,1-2H3,(H,15,18). The molecule has 0 bridgehead atoms. The molecule has 0 aromatic carbocycles. The van der Waals surface area contributed by atoms with Crippen LogP contribution in [-0.2, 0) is 0 Å². The molecule has 1 heterocycles. The first-order valence-electron chi connectivity index (χ1n) is 6.57. The lowest BCUT2D eigenvalue weighted by atomic mass is 9.82. The largest absolute Gasteiger partial charge is 0.329 e. The fraction of sp³-hybridized carbons (Fsp3) is 0.692. The Morgan fingerprint density at radius 1 is 1.33 bits per heavy atom. The van der Waals surface area contributed by atoms with Gasteiger partial charge in [0.25, 0.3) is 5.56 Å². The van der Waals surface area contributed by atoms with Crippen molar-refractivity contribution in [3.05, 3.63) is 31.6 Å². The summed E-state index contributed by atoms with van der Waals surface area (Å²) < 4.78 is 1.38. The van der Waals surface area contributed by atoms with E-state index in [-0.39, 0.29) is 22.4 Å². The second-order valence-electron chi connectivity index (χ2n) is 5.06. The van der Waals surface area contributed by atoms with Gasteiger partial charge in [0, 0.05) is 11.6 Å². The van der Waals surface area contributed by atoms with Crippen molar-refractivity contribution in [2.45, 2.75) is 52.0 Å². The van der Waals surface area contributed by atoms with E-state index in [1.54, 1.807) is 6.92 Å². The third-order valence-electron chi connectivity index (χ3n) is 4.03. The average molecular weight is 271 g/mol. The van der Waals surface area contributed by atoms with E-state index in [2.05, 4.69) is 11.9 Å². The van der Waals surface area contributed by atoms with Crippen molar-refractivity contribution in [2.75, 3.05) is 0 Å². The van der Waals surface area contributed by atoms with Crippen molar-refractivity contribution in [3.63, 3.8) is 0 Å². The van der Waals surface area contributed by atoms with Gasteiger partial charge in [-0.2, -0.15) is 0 Å². The van der Waals surface area contributed by atoms with Crippen molar-refractivity contribution in [1.29, 1.82) is 0 Å². The fourth-order valence-corrected chi connectivity index (χ4v) is 3.08. The van der Waals surface area contributed by atoms with Gasteiger partial charge in [-0.25, -0.2) is 4.79 Å². The monoisotopic (exact) mass is 270 g/mol. The number of hydrogen-bond donors (Lipinski definition) is 1. The molecule has 0 amide bonds.